The van der Waals surface area contributed by atoms with Crippen LogP contribution in [-0.4, -0.2) is 36.8 Å². The van der Waals surface area contributed by atoms with Crippen molar-refractivity contribution in [3.8, 4) is 0 Å². The van der Waals surface area contributed by atoms with E-state index in [9.17, 15) is 9.59 Å². The summed E-state index contributed by atoms with van der Waals surface area (Å²) >= 11 is 0. The van der Waals surface area contributed by atoms with E-state index in [1.165, 1.54) is 0 Å². The summed E-state index contributed by atoms with van der Waals surface area (Å²) < 4.78 is 8.88. The third-order valence-corrected chi connectivity index (χ3v) is 0.368. The predicted molar refractivity (Wildman–Crippen MR) is 38.7 cm³/mol. The van der Waals surface area contributed by atoms with Gasteiger partial charge in [0.05, 0.1) is 0 Å². The number of carboxylic acids is 2. The molecule has 0 heterocycles. The first kappa shape index (κ1) is 14.3. The Kier molecular flexibility index (Phi) is 6.96. The van der Waals surface area contributed by atoms with Crippen molar-refractivity contribution in [2.75, 3.05) is 0 Å². The van der Waals surface area contributed by atoms with E-state index in [1.807, 2.05) is 0 Å². The molecule has 0 amide bonds. The number of phosphoric acid groups is 1. The second-order valence-corrected chi connectivity index (χ2v) is 2.55. The molecule has 0 unspecified atom stereocenters. The quantitative estimate of drug-likeness (QED) is 0.283. The lowest BCUT2D eigenvalue weighted by atomic mass is 10.5. The highest BCUT2D eigenvalue weighted by Gasteiger charge is 2.00. The normalized spacial score (nSPS) is 10.4. The largest absolute Gasteiger partial charge is 0.478 e. The number of hydrogen-bond donors (Lipinski definition) is 5. The van der Waals surface area contributed by atoms with Crippen molar-refractivity contribution < 1.29 is 39.0 Å². The molecular weight excluding hydrogens is 207 g/mol. The van der Waals surface area contributed by atoms with Gasteiger partial charge in [0.2, 0.25) is 0 Å². The molecular formula is C4H7O8P. The van der Waals surface area contributed by atoms with Crippen LogP contribution in [0.25, 0.3) is 0 Å². The molecule has 0 saturated heterocycles. The molecule has 13 heavy (non-hydrogen) atoms. The van der Waals surface area contributed by atoms with E-state index in [-0.39, 0.29) is 0 Å². The number of hydrogen-bond acceptors (Lipinski definition) is 3. The second kappa shape index (κ2) is 6.32. The molecule has 0 fully saturated rings. The molecule has 0 aromatic carbocycles. The highest BCUT2D eigenvalue weighted by Crippen LogP contribution is 2.25. The van der Waals surface area contributed by atoms with Crippen LogP contribution in [-0.2, 0) is 14.2 Å². The molecule has 8 nitrogen and oxygen atoms in total. The summed E-state index contributed by atoms with van der Waals surface area (Å²) in [5.41, 5.74) is 0. The molecule has 0 rings (SSSR count). The Morgan fingerprint density at radius 2 is 1.08 bits per heavy atom. The first-order valence-electron chi connectivity index (χ1n) is 2.55. The molecule has 0 aromatic heterocycles. The van der Waals surface area contributed by atoms with E-state index in [1.54, 1.807) is 0 Å². The first-order chi connectivity index (χ1) is 5.63. The van der Waals surface area contributed by atoms with Crippen molar-refractivity contribution in [1.82, 2.24) is 0 Å². The van der Waals surface area contributed by atoms with Crippen LogP contribution in [0.2, 0.25) is 0 Å². The van der Waals surface area contributed by atoms with Gasteiger partial charge in [-0.3, -0.25) is 0 Å². The van der Waals surface area contributed by atoms with Gasteiger partial charge in [0.25, 0.3) is 0 Å². The van der Waals surface area contributed by atoms with Crippen LogP contribution in [0.4, 0.5) is 0 Å². The van der Waals surface area contributed by atoms with Crippen LogP contribution < -0.4 is 0 Å². The van der Waals surface area contributed by atoms with Gasteiger partial charge in [0.1, 0.15) is 0 Å². The summed E-state index contributed by atoms with van der Waals surface area (Å²) in [6.45, 7) is 0. The number of aliphatic carboxylic acids is 2. The van der Waals surface area contributed by atoms with Gasteiger partial charge in [-0.15, -0.1) is 0 Å². The summed E-state index contributed by atoms with van der Waals surface area (Å²) in [4.78, 5) is 40.7. The molecule has 0 aliphatic heterocycles. The monoisotopic (exact) mass is 214 g/mol. The van der Waals surface area contributed by atoms with E-state index < -0.39 is 19.8 Å². The van der Waals surface area contributed by atoms with Gasteiger partial charge in [0, 0.05) is 12.2 Å². The highest BCUT2D eigenvalue weighted by molar-refractivity contribution is 7.45. The maximum Gasteiger partial charge on any atom is 0.466 e. The topological polar surface area (TPSA) is 152 Å². The molecule has 0 radical (unpaired) electrons. The molecule has 0 atom stereocenters. The van der Waals surface area contributed by atoms with E-state index in [4.69, 9.17) is 29.5 Å². The molecule has 5 N–H and O–H groups in total. The highest BCUT2D eigenvalue weighted by atomic mass is 31.2. The molecule has 76 valence electrons. The van der Waals surface area contributed by atoms with Gasteiger partial charge >= 0.3 is 19.8 Å². The third kappa shape index (κ3) is 58.0. The molecule has 0 aliphatic carbocycles. The Morgan fingerprint density at radius 1 is 0.923 bits per heavy atom. The summed E-state index contributed by atoms with van der Waals surface area (Å²) in [6.07, 6.45) is 1.12. The Bertz CT molecular complexity index is 225. The lowest BCUT2D eigenvalue weighted by Crippen LogP contribution is -1.91. The van der Waals surface area contributed by atoms with Crippen LogP contribution in [0.3, 0.4) is 0 Å². The molecule has 0 bridgehead atoms. The van der Waals surface area contributed by atoms with Crippen LogP contribution in [0.1, 0.15) is 0 Å². The van der Waals surface area contributed by atoms with E-state index in [0.29, 0.717) is 12.2 Å². The molecule has 9 heteroatoms. The third-order valence-electron chi connectivity index (χ3n) is 0.368. The maximum atomic E-state index is 9.55. The number of rotatable bonds is 2. The minimum atomic E-state index is -4.64. The zero-order valence-corrected chi connectivity index (χ0v) is 6.96. The van der Waals surface area contributed by atoms with Gasteiger partial charge in [-0.05, 0) is 0 Å². The Labute approximate surface area is 72.0 Å². The van der Waals surface area contributed by atoms with E-state index in [0.717, 1.165) is 0 Å². The second-order valence-electron chi connectivity index (χ2n) is 1.52. The summed E-state index contributed by atoms with van der Waals surface area (Å²) in [5.74, 6) is -2.51. The Balaban J connectivity index is 0. The smallest absolute Gasteiger partial charge is 0.466 e. The van der Waals surface area contributed by atoms with Crippen molar-refractivity contribution in [1.29, 1.82) is 0 Å². The predicted octanol–water partition coefficient (Wildman–Crippen LogP) is -1.22. The molecule has 0 aliphatic rings. The van der Waals surface area contributed by atoms with Gasteiger partial charge < -0.3 is 24.9 Å². The number of carbonyl (C=O) groups is 2. The molecule has 0 saturated carbocycles. The van der Waals surface area contributed by atoms with Gasteiger partial charge in [-0.2, -0.15) is 0 Å². The van der Waals surface area contributed by atoms with Crippen molar-refractivity contribution >= 4 is 19.8 Å². The van der Waals surface area contributed by atoms with Gasteiger partial charge in [-0.1, -0.05) is 0 Å². The Morgan fingerprint density at radius 3 is 1.15 bits per heavy atom. The van der Waals surface area contributed by atoms with E-state index in [2.05, 4.69) is 0 Å². The van der Waals surface area contributed by atoms with Crippen LogP contribution in [0.5, 0.6) is 0 Å². The van der Waals surface area contributed by atoms with Crippen LogP contribution >= 0.6 is 7.82 Å². The summed E-state index contributed by atoms with van der Waals surface area (Å²) in [5, 5.41) is 15.6. The fourth-order valence-corrected chi connectivity index (χ4v) is 0.143. The minimum absolute atomic E-state index is 0.558. The zero-order valence-electron chi connectivity index (χ0n) is 6.06. The standard InChI is InChI=1S/C4H4O4.H3O4P/c5-3(6)1-2-4(7)8;1-5(2,3)4/h1-2H,(H,5,6)(H,7,8);(H3,1,2,3,4)/b2-1+;. The fraction of sp³-hybridized carbons (Fsp3) is 0. The van der Waals surface area contributed by atoms with Crippen LogP contribution in [0, 0.1) is 0 Å². The summed E-state index contributed by atoms with van der Waals surface area (Å²) in [7, 11) is -4.64. The maximum absolute atomic E-state index is 9.55. The fourth-order valence-electron chi connectivity index (χ4n) is 0.143. The minimum Gasteiger partial charge on any atom is -0.478 e. The van der Waals surface area contributed by atoms with Crippen molar-refractivity contribution in [2.24, 2.45) is 0 Å². The van der Waals surface area contributed by atoms with Crippen molar-refractivity contribution in [3.63, 3.8) is 0 Å². The molecule has 0 spiro atoms. The van der Waals surface area contributed by atoms with Crippen LogP contribution in [0.15, 0.2) is 12.2 Å². The Hall–Kier alpha value is -1.21. The SMILES string of the molecule is O=C(O)/C=C/C(=O)O.O=P(O)(O)O. The average molecular weight is 214 g/mol. The molecule has 0 aromatic rings. The van der Waals surface area contributed by atoms with Gasteiger partial charge in [-0.25, -0.2) is 14.2 Å². The lowest BCUT2D eigenvalue weighted by Gasteiger charge is -1.82. The van der Waals surface area contributed by atoms with Crippen molar-refractivity contribution in [3.05, 3.63) is 12.2 Å². The zero-order chi connectivity index (χ0) is 11.1. The van der Waals surface area contributed by atoms with Crippen molar-refractivity contribution in [2.45, 2.75) is 0 Å². The summed E-state index contributed by atoms with van der Waals surface area (Å²) in [6, 6.07) is 0. The first-order valence-corrected chi connectivity index (χ1v) is 4.11. The number of carboxylic acid groups (broad SMARTS) is 2. The average Bonchev–Trinajstić information content (AvgIpc) is 1.79. The van der Waals surface area contributed by atoms with Gasteiger partial charge in [0.15, 0.2) is 0 Å². The van der Waals surface area contributed by atoms with E-state index >= 15 is 0 Å². The lowest BCUT2D eigenvalue weighted by molar-refractivity contribution is -0.134.